The van der Waals surface area contributed by atoms with E-state index >= 15 is 0 Å². The molecule has 0 N–H and O–H groups in total. The molecule has 68 valence electrons. The molecular formula is C13H16. The van der Waals surface area contributed by atoms with E-state index in [0.29, 0.717) is 5.92 Å². The summed E-state index contributed by atoms with van der Waals surface area (Å²) in [6, 6.07) is 8.93. The van der Waals surface area contributed by atoms with Gasteiger partial charge >= 0.3 is 0 Å². The number of rotatable bonds is 1. The predicted molar refractivity (Wildman–Crippen MR) is 56.9 cm³/mol. The Morgan fingerprint density at radius 3 is 2.54 bits per heavy atom. The van der Waals surface area contributed by atoms with Crippen molar-refractivity contribution in [2.45, 2.75) is 32.1 Å². The summed E-state index contributed by atoms with van der Waals surface area (Å²) < 4.78 is 0. The Morgan fingerprint density at radius 2 is 1.92 bits per heavy atom. The lowest BCUT2D eigenvalue weighted by molar-refractivity contribution is 0.654. The standard InChI is InChI=1S/C13H16/c1-11-7-9-13(10-8-11)12-5-3-2-4-6-12/h3,5,7-10,12H,2,4,6H2,1H3/t12-/m1/s1. The molecule has 2 rings (SSSR count). The molecule has 0 radical (unpaired) electrons. The van der Waals surface area contributed by atoms with Gasteiger partial charge in [-0.05, 0) is 31.7 Å². The van der Waals surface area contributed by atoms with Crippen LogP contribution in [0.1, 0.15) is 36.3 Å². The number of hydrogen-bond donors (Lipinski definition) is 0. The van der Waals surface area contributed by atoms with Gasteiger partial charge in [-0.3, -0.25) is 0 Å². The van der Waals surface area contributed by atoms with Crippen LogP contribution in [0.25, 0.3) is 0 Å². The van der Waals surface area contributed by atoms with Gasteiger partial charge in [-0.25, -0.2) is 0 Å². The van der Waals surface area contributed by atoms with Crippen molar-refractivity contribution in [2.24, 2.45) is 0 Å². The maximum Gasteiger partial charge on any atom is 0.00180 e. The van der Waals surface area contributed by atoms with E-state index in [4.69, 9.17) is 0 Å². The van der Waals surface area contributed by atoms with Crippen molar-refractivity contribution < 1.29 is 0 Å². The molecule has 1 aromatic carbocycles. The molecule has 0 fully saturated rings. The lowest BCUT2D eigenvalue weighted by Gasteiger charge is -2.16. The first-order chi connectivity index (χ1) is 6.36. The second-order valence-corrected chi connectivity index (χ2v) is 3.88. The molecule has 13 heavy (non-hydrogen) atoms. The summed E-state index contributed by atoms with van der Waals surface area (Å²) in [6.07, 6.45) is 8.60. The second-order valence-electron chi connectivity index (χ2n) is 3.88. The van der Waals surface area contributed by atoms with Crippen LogP contribution in [0.15, 0.2) is 36.4 Å². The molecule has 0 spiro atoms. The first-order valence-corrected chi connectivity index (χ1v) is 5.09. The number of aryl methyl sites for hydroxylation is 1. The monoisotopic (exact) mass is 172 g/mol. The predicted octanol–water partition coefficient (Wildman–Crippen LogP) is 3.82. The fourth-order valence-electron chi connectivity index (χ4n) is 1.90. The van der Waals surface area contributed by atoms with E-state index in [0.717, 1.165) is 0 Å². The lowest BCUT2D eigenvalue weighted by Crippen LogP contribution is -1.98. The molecule has 1 aromatic rings. The van der Waals surface area contributed by atoms with Crippen LogP contribution in [0.3, 0.4) is 0 Å². The van der Waals surface area contributed by atoms with Crippen molar-refractivity contribution in [3.63, 3.8) is 0 Å². The van der Waals surface area contributed by atoms with E-state index in [1.807, 2.05) is 0 Å². The van der Waals surface area contributed by atoms with Gasteiger partial charge in [0.2, 0.25) is 0 Å². The molecule has 1 atom stereocenters. The van der Waals surface area contributed by atoms with Crippen LogP contribution in [-0.2, 0) is 0 Å². The Balaban J connectivity index is 2.19. The van der Waals surface area contributed by atoms with E-state index in [9.17, 15) is 0 Å². The van der Waals surface area contributed by atoms with Gasteiger partial charge in [-0.2, -0.15) is 0 Å². The van der Waals surface area contributed by atoms with Crippen molar-refractivity contribution in [2.75, 3.05) is 0 Å². The van der Waals surface area contributed by atoms with E-state index in [2.05, 4.69) is 43.3 Å². The third kappa shape index (κ3) is 2.00. The number of allylic oxidation sites excluding steroid dienone is 2. The molecule has 0 heterocycles. The SMILES string of the molecule is Cc1ccc([C@@H]2C=CCCC2)cc1. The fourth-order valence-corrected chi connectivity index (χ4v) is 1.90. The summed E-state index contributed by atoms with van der Waals surface area (Å²) in [5.74, 6) is 0.675. The smallest absolute Gasteiger partial charge is 0.00180 e. The van der Waals surface area contributed by atoms with Gasteiger partial charge in [0.25, 0.3) is 0 Å². The van der Waals surface area contributed by atoms with Crippen molar-refractivity contribution >= 4 is 0 Å². The molecule has 0 unspecified atom stereocenters. The van der Waals surface area contributed by atoms with E-state index in [1.165, 1.54) is 30.4 Å². The van der Waals surface area contributed by atoms with Crippen LogP contribution in [-0.4, -0.2) is 0 Å². The Bertz CT molecular complexity index is 292. The molecule has 0 saturated carbocycles. The summed E-state index contributed by atoms with van der Waals surface area (Å²) in [5.41, 5.74) is 2.82. The Hall–Kier alpha value is -1.04. The van der Waals surface area contributed by atoms with Gasteiger partial charge < -0.3 is 0 Å². The van der Waals surface area contributed by atoms with Crippen LogP contribution < -0.4 is 0 Å². The van der Waals surface area contributed by atoms with E-state index < -0.39 is 0 Å². The fraction of sp³-hybridized carbons (Fsp3) is 0.385. The van der Waals surface area contributed by atoms with Gasteiger partial charge in [-0.15, -0.1) is 0 Å². The van der Waals surface area contributed by atoms with Crippen molar-refractivity contribution in [1.29, 1.82) is 0 Å². The molecule has 1 aliphatic carbocycles. The molecule has 0 heteroatoms. The van der Waals surface area contributed by atoms with Crippen LogP contribution in [0.5, 0.6) is 0 Å². The first kappa shape index (κ1) is 8.55. The lowest BCUT2D eigenvalue weighted by atomic mass is 9.89. The van der Waals surface area contributed by atoms with Crippen LogP contribution in [0.2, 0.25) is 0 Å². The average molecular weight is 172 g/mol. The highest BCUT2D eigenvalue weighted by atomic mass is 14.1. The van der Waals surface area contributed by atoms with Crippen LogP contribution in [0, 0.1) is 6.92 Å². The van der Waals surface area contributed by atoms with E-state index in [-0.39, 0.29) is 0 Å². The normalized spacial score (nSPS) is 21.8. The zero-order valence-electron chi connectivity index (χ0n) is 8.16. The largest absolute Gasteiger partial charge is 0.0879 e. The Morgan fingerprint density at radius 1 is 1.15 bits per heavy atom. The Labute approximate surface area is 80.3 Å². The highest BCUT2D eigenvalue weighted by Gasteiger charge is 2.09. The molecular weight excluding hydrogens is 156 g/mol. The average Bonchev–Trinajstić information content (AvgIpc) is 2.20. The summed E-state index contributed by atoms with van der Waals surface area (Å²) >= 11 is 0. The summed E-state index contributed by atoms with van der Waals surface area (Å²) in [4.78, 5) is 0. The summed E-state index contributed by atoms with van der Waals surface area (Å²) in [7, 11) is 0. The quantitative estimate of drug-likeness (QED) is 0.565. The minimum Gasteiger partial charge on any atom is -0.0879 e. The van der Waals surface area contributed by atoms with Crippen LogP contribution in [0.4, 0.5) is 0 Å². The topological polar surface area (TPSA) is 0 Å². The van der Waals surface area contributed by atoms with Crippen LogP contribution >= 0.6 is 0 Å². The van der Waals surface area contributed by atoms with Gasteiger partial charge in [0, 0.05) is 5.92 Å². The first-order valence-electron chi connectivity index (χ1n) is 5.09. The van der Waals surface area contributed by atoms with Gasteiger partial charge in [0.05, 0.1) is 0 Å². The Kier molecular flexibility index (Phi) is 2.49. The zero-order valence-corrected chi connectivity index (χ0v) is 8.16. The minimum absolute atomic E-state index is 0.675. The molecule has 0 bridgehead atoms. The van der Waals surface area contributed by atoms with Crippen molar-refractivity contribution in [3.05, 3.63) is 47.5 Å². The molecule has 0 aliphatic heterocycles. The van der Waals surface area contributed by atoms with E-state index in [1.54, 1.807) is 0 Å². The third-order valence-corrected chi connectivity index (χ3v) is 2.76. The van der Waals surface area contributed by atoms with Gasteiger partial charge in [-0.1, -0.05) is 42.0 Å². The maximum atomic E-state index is 2.36. The summed E-state index contributed by atoms with van der Waals surface area (Å²) in [6.45, 7) is 2.14. The number of benzene rings is 1. The third-order valence-electron chi connectivity index (χ3n) is 2.76. The molecule has 1 aliphatic rings. The van der Waals surface area contributed by atoms with Crippen molar-refractivity contribution in [3.8, 4) is 0 Å². The highest BCUT2D eigenvalue weighted by molar-refractivity contribution is 5.28. The maximum absolute atomic E-state index is 2.36. The van der Waals surface area contributed by atoms with Gasteiger partial charge in [0.1, 0.15) is 0 Å². The zero-order chi connectivity index (χ0) is 9.10. The minimum atomic E-state index is 0.675. The highest BCUT2D eigenvalue weighted by Crippen LogP contribution is 2.27. The summed E-state index contributed by atoms with van der Waals surface area (Å²) in [5, 5.41) is 0. The van der Waals surface area contributed by atoms with Crippen molar-refractivity contribution in [1.82, 2.24) is 0 Å². The second kappa shape index (κ2) is 3.78. The molecule has 0 saturated heterocycles. The number of hydrogen-bond acceptors (Lipinski definition) is 0. The molecule has 0 nitrogen and oxygen atoms in total. The van der Waals surface area contributed by atoms with Gasteiger partial charge in [0.15, 0.2) is 0 Å². The molecule has 0 amide bonds. The molecule has 0 aromatic heterocycles.